The SMILES string of the molecule is N#Cc1ccc(C(=O)N2CC(O)C[C@H]2C(=O)O)nc1. The van der Waals surface area contributed by atoms with Crippen molar-refractivity contribution in [3.05, 3.63) is 29.6 Å². The average Bonchev–Trinajstić information content (AvgIpc) is 2.80. The maximum Gasteiger partial charge on any atom is 0.326 e. The van der Waals surface area contributed by atoms with Crippen molar-refractivity contribution in [1.29, 1.82) is 5.26 Å². The summed E-state index contributed by atoms with van der Waals surface area (Å²) in [5.41, 5.74) is 0.368. The number of carbonyl (C=O) groups is 2. The summed E-state index contributed by atoms with van der Waals surface area (Å²) >= 11 is 0. The van der Waals surface area contributed by atoms with E-state index in [4.69, 9.17) is 10.4 Å². The molecule has 1 aromatic heterocycles. The van der Waals surface area contributed by atoms with Gasteiger partial charge in [-0.25, -0.2) is 9.78 Å². The predicted molar refractivity (Wildman–Crippen MR) is 62.0 cm³/mol. The van der Waals surface area contributed by atoms with Crippen LogP contribution >= 0.6 is 0 Å². The van der Waals surface area contributed by atoms with Crippen molar-refractivity contribution in [2.45, 2.75) is 18.6 Å². The number of nitrogens with zero attached hydrogens (tertiary/aromatic N) is 3. The first-order chi connectivity index (χ1) is 9.02. The number of hydrogen-bond acceptors (Lipinski definition) is 5. The summed E-state index contributed by atoms with van der Waals surface area (Å²) in [6.07, 6.45) is 0.413. The summed E-state index contributed by atoms with van der Waals surface area (Å²) in [5.74, 6) is -1.72. The maximum atomic E-state index is 12.1. The Morgan fingerprint density at radius 2 is 2.21 bits per heavy atom. The highest BCUT2D eigenvalue weighted by molar-refractivity contribution is 5.95. The molecule has 1 unspecified atom stereocenters. The van der Waals surface area contributed by atoms with Gasteiger partial charge in [-0.3, -0.25) is 4.79 Å². The van der Waals surface area contributed by atoms with Crippen molar-refractivity contribution in [3.8, 4) is 6.07 Å². The molecule has 2 rings (SSSR count). The van der Waals surface area contributed by atoms with E-state index in [9.17, 15) is 14.7 Å². The minimum atomic E-state index is -1.15. The summed E-state index contributed by atoms with van der Waals surface area (Å²) in [5, 5.41) is 27.1. The number of hydrogen-bond donors (Lipinski definition) is 2. The van der Waals surface area contributed by atoms with Crippen LogP contribution in [0, 0.1) is 11.3 Å². The van der Waals surface area contributed by atoms with Crippen LogP contribution in [-0.4, -0.2) is 50.7 Å². The van der Waals surface area contributed by atoms with Gasteiger partial charge in [0.1, 0.15) is 17.8 Å². The smallest absolute Gasteiger partial charge is 0.326 e. The number of β-amino-alcohol motifs (C(OH)–C–C–N with tert-alkyl or cyclic N) is 1. The van der Waals surface area contributed by atoms with Gasteiger partial charge >= 0.3 is 5.97 Å². The number of pyridine rings is 1. The molecule has 1 fully saturated rings. The number of aromatic nitrogens is 1. The van der Waals surface area contributed by atoms with Gasteiger partial charge in [-0.05, 0) is 12.1 Å². The molecule has 1 saturated heterocycles. The van der Waals surface area contributed by atoms with Crippen molar-refractivity contribution in [2.75, 3.05) is 6.54 Å². The molecule has 7 nitrogen and oxygen atoms in total. The fourth-order valence-corrected chi connectivity index (χ4v) is 2.01. The number of aliphatic carboxylic acids is 1. The molecule has 0 saturated carbocycles. The Bertz CT molecular complexity index is 549. The third-order valence-corrected chi connectivity index (χ3v) is 2.94. The van der Waals surface area contributed by atoms with Crippen molar-refractivity contribution < 1.29 is 19.8 Å². The van der Waals surface area contributed by atoms with Crippen LogP contribution in [0.2, 0.25) is 0 Å². The van der Waals surface area contributed by atoms with Gasteiger partial charge in [-0.15, -0.1) is 0 Å². The van der Waals surface area contributed by atoms with E-state index in [0.29, 0.717) is 5.56 Å². The predicted octanol–water partition coefficient (Wildman–Crippen LogP) is -0.387. The first-order valence-corrected chi connectivity index (χ1v) is 5.61. The van der Waals surface area contributed by atoms with Crippen LogP contribution in [0.25, 0.3) is 0 Å². The minimum absolute atomic E-state index is 0.0113. The Kier molecular flexibility index (Phi) is 3.44. The van der Waals surface area contributed by atoms with Gasteiger partial charge in [0, 0.05) is 19.2 Å². The maximum absolute atomic E-state index is 12.1. The van der Waals surface area contributed by atoms with E-state index in [1.807, 2.05) is 6.07 Å². The lowest BCUT2D eigenvalue weighted by Crippen LogP contribution is -2.40. The van der Waals surface area contributed by atoms with Crippen LogP contribution in [0.5, 0.6) is 0 Å². The zero-order chi connectivity index (χ0) is 14.0. The van der Waals surface area contributed by atoms with Crippen molar-refractivity contribution in [2.24, 2.45) is 0 Å². The fourth-order valence-electron chi connectivity index (χ4n) is 2.01. The number of likely N-dealkylation sites (tertiary alicyclic amines) is 1. The average molecular weight is 261 g/mol. The molecule has 0 bridgehead atoms. The van der Waals surface area contributed by atoms with Crippen LogP contribution in [-0.2, 0) is 4.79 Å². The lowest BCUT2D eigenvalue weighted by atomic mass is 10.2. The topological polar surface area (TPSA) is 115 Å². The summed E-state index contributed by atoms with van der Waals surface area (Å²) in [7, 11) is 0. The lowest BCUT2D eigenvalue weighted by Gasteiger charge is -2.20. The van der Waals surface area contributed by atoms with E-state index < -0.39 is 24.0 Å². The van der Waals surface area contributed by atoms with Gasteiger partial charge in [0.05, 0.1) is 11.7 Å². The van der Waals surface area contributed by atoms with Gasteiger partial charge in [0.15, 0.2) is 0 Å². The van der Waals surface area contributed by atoms with Gasteiger partial charge in [0.2, 0.25) is 0 Å². The van der Waals surface area contributed by atoms with E-state index in [1.54, 1.807) is 0 Å². The van der Waals surface area contributed by atoms with Crippen molar-refractivity contribution in [1.82, 2.24) is 9.88 Å². The van der Waals surface area contributed by atoms with Crippen LogP contribution in [0.15, 0.2) is 18.3 Å². The molecule has 1 aliphatic rings. The number of nitriles is 1. The third kappa shape index (κ3) is 2.53. The highest BCUT2D eigenvalue weighted by Crippen LogP contribution is 2.20. The molecule has 2 heterocycles. The molecule has 2 N–H and O–H groups in total. The number of amides is 1. The Hall–Kier alpha value is -2.46. The van der Waals surface area contributed by atoms with Crippen LogP contribution in [0.4, 0.5) is 0 Å². The molecule has 0 aliphatic carbocycles. The second kappa shape index (κ2) is 5.04. The standard InChI is InChI=1S/C12H11N3O4/c13-4-7-1-2-9(14-5-7)11(17)15-6-8(16)3-10(15)12(18)19/h1-2,5,8,10,16H,3,6H2,(H,18,19)/t8?,10-/m0/s1. The van der Waals surface area contributed by atoms with Crippen LogP contribution < -0.4 is 0 Å². The van der Waals surface area contributed by atoms with Crippen LogP contribution in [0.1, 0.15) is 22.5 Å². The van der Waals surface area contributed by atoms with Crippen molar-refractivity contribution in [3.63, 3.8) is 0 Å². The number of carboxylic acids is 1. The highest BCUT2D eigenvalue weighted by Gasteiger charge is 2.39. The molecule has 98 valence electrons. The number of carboxylic acid groups (broad SMARTS) is 1. The van der Waals surface area contributed by atoms with Gasteiger partial charge in [-0.1, -0.05) is 0 Å². The van der Waals surface area contributed by atoms with Gasteiger partial charge in [0.25, 0.3) is 5.91 Å². The third-order valence-electron chi connectivity index (χ3n) is 2.94. The van der Waals surface area contributed by atoms with Gasteiger partial charge in [-0.2, -0.15) is 5.26 Å². The lowest BCUT2D eigenvalue weighted by molar-refractivity contribution is -0.141. The summed E-state index contributed by atoms with van der Waals surface area (Å²) in [6, 6.07) is 3.63. The zero-order valence-corrected chi connectivity index (χ0v) is 9.85. The Balaban J connectivity index is 2.22. The summed E-state index contributed by atoms with van der Waals surface area (Å²) in [4.78, 5) is 28.0. The molecule has 1 amide bonds. The van der Waals surface area contributed by atoms with E-state index in [1.165, 1.54) is 18.3 Å². The molecular weight excluding hydrogens is 250 g/mol. The quantitative estimate of drug-likeness (QED) is 0.749. The Labute approximate surface area is 108 Å². The molecule has 0 radical (unpaired) electrons. The fraction of sp³-hybridized carbons (Fsp3) is 0.333. The second-order valence-electron chi connectivity index (χ2n) is 4.24. The molecule has 1 aliphatic heterocycles. The largest absolute Gasteiger partial charge is 0.480 e. The molecule has 0 spiro atoms. The second-order valence-corrected chi connectivity index (χ2v) is 4.24. The normalized spacial score (nSPS) is 22.0. The molecule has 2 atom stereocenters. The minimum Gasteiger partial charge on any atom is -0.480 e. The number of aliphatic hydroxyl groups excluding tert-OH is 1. The molecular formula is C12H11N3O4. The first kappa shape index (κ1) is 13.0. The van der Waals surface area contributed by atoms with Crippen LogP contribution in [0.3, 0.4) is 0 Å². The first-order valence-electron chi connectivity index (χ1n) is 5.61. The molecule has 1 aromatic rings. The Morgan fingerprint density at radius 3 is 2.74 bits per heavy atom. The molecule has 7 heteroatoms. The molecule has 19 heavy (non-hydrogen) atoms. The number of rotatable bonds is 2. The summed E-state index contributed by atoms with van der Waals surface area (Å²) in [6.45, 7) is -0.0303. The van der Waals surface area contributed by atoms with Gasteiger partial charge < -0.3 is 15.1 Å². The zero-order valence-electron chi connectivity index (χ0n) is 9.85. The number of carbonyl (C=O) groups excluding carboxylic acids is 1. The van der Waals surface area contributed by atoms with E-state index in [-0.39, 0.29) is 18.7 Å². The van der Waals surface area contributed by atoms with E-state index >= 15 is 0 Å². The monoisotopic (exact) mass is 261 g/mol. The van der Waals surface area contributed by atoms with E-state index in [2.05, 4.69) is 4.98 Å². The van der Waals surface area contributed by atoms with Crippen molar-refractivity contribution >= 4 is 11.9 Å². The van der Waals surface area contributed by atoms with E-state index in [0.717, 1.165) is 4.90 Å². The number of aliphatic hydroxyl groups is 1. The Morgan fingerprint density at radius 1 is 1.47 bits per heavy atom. The molecule has 0 aromatic carbocycles. The summed E-state index contributed by atoms with van der Waals surface area (Å²) < 4.78 is 0. The highest BCUT2D eigenvalue weighted by atomic mass is 16.4.